The minimum atomic E-state index is -7.12. The molecular weight excluding hydrogens is 643 g/mol. The number of anilines is 1. The quantitative estimate of drug-likeness (QED) is 0.186. The zero-order chi connectivity index (χ0) is 35.1. The van der Waals surface area contributed by atoms with Crippen molar-refractivity contribution in [3.63, 3.8) is 0 Å². The fourth-order valence-corrected chi connectivity index (χ4v) is 3.97. The number of nitrogens with one attached hydrogen (secondary N) is 1. The summed E-state index contributed by atoms with van der Waals surface area (Å²) in [6.45, 7) is 3.77. The summed E-state index contributed by atoms with van der Waals surface area (Å²) >= 11 is 0. The largest absolute Gasteiger partial charge is 0.492 e. The van der Waals surface area contributed by atoms with Crippen LogP contribution in [0.1, 0.15) is 29.2 Å². The van der Waals surface area contributed by atoms with E-state index in [4.69, 9.17) is 9.47 Å². The summed E-state index contributed by atoms with van der Waals surface area (Å²) in [5, 5.41) is 11.7. The molecule has 0 heterocycles. The first-order chi connectivity index (χ1) is 21.1. The molecule has 2 amide bonds. The van der Waals surface area contributed by atoms with Gasteiger partial charge in [0.25, 0.3) is 0 Å². The van der Waals surface area contributed by atoms with Gasteiger partial charge in [0.05, 0.1) is 13.2 Å². The van der Waals surface area contributed by atoms with Crippen LogP contribution in [0.5, 0.6) is 5.75 Å². The van der Waals surface area contributed by atoms with Crippen LogP contribution in [0.25, 0.3) is 0 Å². The SMILES string of the molecule is CCOC(Cc1ccc(OCCN(CCOC(F)(F)C(F)(F)C(F)(F)C(F)(F)F)C(=O)Nc2cc(C)c(C)cc2C)cc1)C(=O)O. The Hall–Kier alpha value is -3.73. The molecule has 2 rings (SSSR count). The second-order valence-corrected chi connectivity index (χ2v) is 10.2. The Morgan fingerprint density at radius 3 is 1.96 bits per heavy atom. The van der Waals surface area contributed by atoms with Crippen molar-refractivity contribution in [3.8, 4) is 5.75 Å². The summed E-state index contributed by atoms with van der Waals surface area (Å²) in [5.41, 5.74) is 3.13. The van der Waals surface area contributed by atoms with Crippen LogP contribution in [-0.4, -0.2) is 85.2 Å². The third-order valence-electron chi connectivity index (χ3n) is 6.75. The smallest absolute Gasteiger partial charge is 0.460 e. The summed E-state index contributed by atoms with van der Waals surface area (Å²) in [4.78, 5) is 25.1. The van der Waals surface area contributed by atoms with Crippen molar-refractivity contribution in [1.82, 2.24) is 4.90 Å². The van der Waals surface area contributed by atoms with Crippen LogP contribution >= 0.6 is 0 Å². The van der Waals surface area contributed by atoms with Crippen molar-refractivity contribution in [1.29, 1.82) is 0 Å². The number of aliphatic carboxylic acids is 1. The maximum absolute atomic E-state index is 13.9. The number of alkyl halides is 9. The van der Waals surface area contributed by atoms with E-state index in [1.807, 2.05) is 6.92 Å². The molecule has 1 atom stereocenters. The molecule has 8 nitrogen and oxygen atoms in total. The number of rotatable bonds is 16. The average molecular weight is 677 g/mol. The third-order valence-corrected chi connectivity index (χ3v) is 6.75. The van der Waals surface area contributed by atoms with Gasteiger partial charge in [-0.25, -0.2) is 9.59 Å². The van der Waals surface area contributed by atoms with E-state index in [1.165, 1.54) is 12.1 Å². The van der Waals surface area contributed by atoms with Crippen LogP contribution in [0.3, 0.4) is 0 Å². The number of amides is 2. The van der Waals surface area contributed by atoms with E-state index in [0.717, 1.165) is 16.0 Å². The predicted molar refractivity (Wildman–Crippen MR) is 147 cm³/mol. The summed E-state index contributed by atoms with van der Waals surface area (Å²) in [6, 6.07) is 8.39. The van der Waals surface area contributed by atoms with E-state index >= 15 is 0 Å². The Bertz CT molecular complexity index is 1340. The van der Waals surface area contributed by atoms with Crippen LogP contribution in [0.15, 0.2) is 36.4 Å². The van der Waals surface area contributed by atoms with Crippen LogP contribution < -0.4 is 10.1 Å². The minimum Gasteiger partial charge on any atom is -0.492 e. The maximum Gasteiger partial charge on any atom is 0.460 e. The monoisotopic (exact) mass is 676 g/mol. The van der Waals surface area contributed by atoms with Crippen LogP contribution in [0.2, 0.25) is 0 Å². The number of hydrogen-bond donors (Lipinski definition) is 2. The number of ether oxygens (including phenoxy) is 3. The van der Waals surface area contributed by atoms with E-state index in [0.29, 0.717) is 16.8 Å². The van der Waals surface area contributed by atoms with E-state index in [2.05, 4.69) is 10.1 Å². The number of hydrogen-bond acceptors (Lipinski definition) is 5. The normalized spacial score (nSPS) is 13.3. The number of carbonyl (C=O) groups is 2. The molecule has 0 spiro atoms. The first-order valence-corrected chi connectivity index (χ1v) is 13.7. The molecule has 0 bridgehead atoms. The molecule has 0 saturated heterocycles. The number of benzene rings is 2. The Kier molecular flexibility index (Phi) is 12.7. The molecule has 2 N–H and O–H groups in total. The Morgan fingerprint density at radius 2 is 1.41 bits per heavy atom. The molecule has 0 aromatic heterocycles. The van der Waals surface area contributed by atoms with Gasteiger partial charge in [-0.05, 0) is 68.1 Å². The summed E-state index contributed by atoms with van der Waals surface area (Å²) < 4.78 is 133. The zero-order valence-corrected chi connectivity index (χ0v) is 25.1. The fourth-order valence-electron chi connectivity index (χ4n) is 3.97. The van der Waals surface area contributed by atoms with E-state index < -0.39 is 61.9 Å². The molecule has 0 radical (unpaired) electrons. The Labute approximate surface area is 258 Å². The molecule has 0 fully saturated rings. The van der Waals surface area contributed by atoms with Crippen molar-refractivity contribution in [2.75, 3.05) is 38.2 Å². The van der Waals surface area contributed by atoms with Gasteiger partial charge >= 0.3 is 36.1 Å². The lowest BCUT2D eigenvalue weighted by atomic mass is 10.1. The van der Waals surface area contributed by atoms with E-state index in [1.54, 1.807) is 45.0 Å². The summed E-state index contributed by atoms with van der Waals surface area (Å²) in [5.74, 6) is -15.0. The predicted octanol–water partition coefficient (Wildman–Crippen LogP) is 7.00. The highest BCUT2D eigenvalue weighted by Gasteiger charge is 2.82. The first kappa shape index (κ1) is 38.5. The number of urea groups is 1. The number of nitrogens with zero attached hydrogens (tertiary/aromatic N) is 1. The minimum absolute atomic E-state index is 0.0495. The zero-order valence-electron chi connectivity index (χ0n) is 25.1. The third kappa shape index (κ3) is 9.40. The molecule has 2 aromatic rings. The topological polar surface area (TPSA) is 97.3 Å². The molecule has 258 valence electrons. The van der Waals surface area contributed by atoms with Crippen molar-refractivity contribution in [2.24, 2.45) is 0 Å². The van der Waals surface area contributed by atoms with Gasteiger partial charge in [-0.15, -0.1) is 0 Å². The lowest BCUT2D eigenvalue weighted by molar-refractivity contribution is -0.443. The molecule has 0 saturated carbocycles. The van der Waals surface area contributed by atoms with Crippen LogP contribution in [0, 0.1) is 20.8 Å². The lowest BCUT2D eigenvalue weighted by Gasteiger charge is -2.33. The molecule has 1 unspecified atom stereocenters. The number of carboxylic acid groups (broad SMARTS) is 1. The molecule has 17 heteroatoms. The summed E-state index contributed by atoms with van der Waals surface area (Å²) in [6.07, 6.45) is -14.3. The molecule has 0 aliphatic heterocycles. The van der Waals surface area contributed by atoms with E-state index in [9.17, 15) is 54.2 Å². The molecular formula is C29H33F9N2O6. The van der Waals surface area contributed by atoms with Crippen molar-refractivity contribution in [3.05, 3.63) is 58.7 Å². The van der Waals surface area contributed by atoms with Crippen LogP contribution in [0.4, 0.5) is 50.0 Å². The highest BCUT2D eigenvalue weighted by Crippen LogP contribution is 2.53. The average Bonchev–Trinajstić information content (AvgIpc) is 2.94. The molecule has 0 aliphatic rings. The van der Waals surface area contributed by atoms with Crippen molar-refractivity contribution in [2.45, 2.75) is 64.3 Å². The van der Waals surface area contributed by atoms with Gasteiger partial charge < -0.3 is 29.5 Å². The maximum atomic E-state index is 13.9. The molecule has 0 aliphatic carbocycles. The number of carboxylic acids is 1. The molecule has 46 heavy (non-hydrogen) atoms. The Balaban J connectivity index is 2.16. The first-order valence-electron chi connectivity index (χ1n) is 13.7. The van der Waals surface area contributed by atoms with Gasteiger partial charge in [0.15, 0.2) is 6.10 Å². The highest BCUT2D eigenvalue weighted by molar-refractivity contribution is 5.90. The van der Waals surface area contributed by atoms with Gasteiger partial charge in [0, 0.05) is 25.3 Å². The van der Waals surface area contributed by atoms with Gasteiger partial charge in [-0.1, -0.05) is 18.2 Å². The number of aryl methyl sites for hydroxylation is 3. The second kappa shape index (κ2) is 15.2. The van der Waals surface area contributed by atoms with Crippen LogP contribution in [-0.2, 0) is 20.7 Å². The summed E-state index contributed by atoms with van der Waals surface area (Å²) in [7, 11) is 0. The number of halogens is 9. The van der Waals surface area contributed by atoms with Gasteiger partial charge in [-0.2, -0.15) is 39.5 Å². The Morgan fingerprint density at radius 1 is 0.848 bits per heavy atom. The number of carbonyl (C=O) groups excluding carboxylic acids is 1. The second-order valence-electron chi connectivity index (χ2n) is 10.2. The lowest BCUT2D eigenvalue weighted by Crippen LogP contribution is -2.62. The van der Waals surface area contributed by atoms with Gasteiger partial charge in [0.1, 0.15) is 12.4 Å². The fraction of sp³-hybridized carbons (Fsp3) is 0.517. The standard InChI is InChI=1S/C29H33F9N2O6/c1-5-44-23(24(41)42)16-20-6-8-21(9-7-20)45-12-10-40(25(43)39-22-15-18(3)17(2)14-19(22)4)11-13-46-29(37,38)27(32,33)26(30,31)28(34,35)36/h6-9,14-15,23H,5,10-13,16H2,1-4H3,(H,39,43)(H,41,42). The van der Waals surface area contributed by atoms with Gasteiger partial charge in [0.2, 0.25) is 0 Å². The highest BCUT2D eigenvalue weighted by atomic mass is 19.4. The van der Waals surface area contributed by atoms with Crippen molar-refractivity contribution < 1.29 is 68.4 Å². The molecule has 2 aromatic carbocycles. The van der Waals surface area contributed by atoms with E-state index in [-0.39, 0.29) is 25.4 Å². The van der Waals surface area contributed by atoms with Crippen molar-refractivity contribution >= 4 is 17.7 Å². The van der Waals surface area contributed by atoms with Gasteiger partial charge in [-0.3, -0.25) is 0 Å².